The zero-order chi connectivity index (χ0) is 14.8. The molecule has 1 atom stereocenters. The Bertz CT molecular complexity index is 657. The molecule has 0 aliphatic carbocycles. The Morgan fingerprint density at radius 3 is 2.48 bits per heavy atom. The topological polar surface area (TPSA) is 30.5 Å². The molecule has 1 heterocycles. The first-order valence-corrected chi connectivity index (χ1v) is 7.76. The summed E-state index contributed by atoms with van der Waals surface area (Å²) >= 11 is 3.65. The molecule has 0 aromatic heterocycles. The fourth-order valence-electron chi connectivity index (χ4n) is 2.87. The average molecular weight is 348 g/mol. The van der Waals surface area contributed by atoms with Crippen LogP contribution in [0.4, 0.5) is 0 Å². The van der Waals surface area contributed by atoms with E-state index in [0.29, 0.717) is 0 Å². The highest BCUT2D eigenvalue weighted by molar-refractivity contribution is 9.10. The second-order valence-electron chi connectivity index (χ2n) is 5.06. The smallest absolute Gasteiger partial charge is 0.161 e. The Morgan fingerprint density at radius 1 is 1.05 bits per heavy atom. The number of fused-ring (bicyclic) bond motifs is 1. The van der Waals surface area contributed by atoms with Crippen molar-refractivity contribution in [3.05, 3.63) is 57.6 Å². The van der Waals surface area contributed by atoms with Crippen molar-refractivity contribution in [3.8, 4) is 11.5 Å². The maximum Gasteiger partial charge on any atom is 0.161 e. The van der Waals surface area contributed by atoms with Crippen LogP contribution in [0.15, 0.2) is 40.9 Å². The Kier molecular flexibility index (Phi) is 4.17. The van der Waals surface area contributed by atoms with Crippen LogP contribution in [0.2, 0.25) is 0 Å². The van der Waals surface area contributed by atoms with E-state index in [2.05, 4.69) is 51.6 Å². The van der Waals surface area contributed by atoms with E-state index in [-0.39, 0.29) is 6.04 Å². The number of rotatable bonds is 3. The molecule has 110 valence electrons. The van der Waals surface area contributed by atoms with Gasteiger partial charge in [0.2, 0.25) is 0 Å². The highest BCUT2D eigenvalue weighted by atomic mass is 79.9. The van der Waals surface area contributed by atoms with E-state index in [1.807, 2.05) is 6.07 Å². The molecule has 0 spiro atoms. The molecule has 0 amide bonds. The van der Waals surface area contributed by atoms with Crippen LogP contribution in [0.3, 0.4) is 0 Å². The predicted molar refractivity (Wildman–Crippen MR) is 87.2 cm³/mol. The molecule has 0 saturated carbocycles. The van der Waals surface area contributed by atoms with Gasteiger partial charge in [-0.15, -0.1) is 0 Å². The molecule has 2 aromatic rings. The first-order valence-electron chi connectivity index (χ1n) is 6.97. The van der Waals surface area contributed by atoms with Crippen LogP contribution in [-0.2, 0) is 6.42 Å². The number of benzene rings is 2. The Balaban J connectivity index is 2.11. The second kappa shape index (κ2) is 6.08. The van der Waals surface area contributed by atoms with Gasteiger partial charge in [0.25, 0.3) is 0 Å². The summed E-state index contributed by atoms with van der Waals surface area (Å²) in [4.78, 5) is 0. The standard InChI is InChI=1S/C17H18BrNO2/c1-20-15-9-11-7-8-19-17(13(11)10-16(15)21-2)12-5-3-4-6-14(12)18/h3-6,9-10,17,19H,7-8H2,1-2H3/t17-/m1/s1. The molecule has 0 unspecified atom stereocenters. The quantitative estimate of drug-likeness (QED) is 0.918. The van der Waals surface area contributed by atoms with Gasteiger partial charge in [-0.05, 0) is 41.3 Å². The van der Waals surface area contributed by atoms with Crippen molar-refractivity contribution in [2.24, 2.45) is 0 Å². The summed E-state index contributed by atoms with van der Waals surface area (Å²) in [6.45, 7) is 0.953. The SMILES string of the molecule is COc1cc2c(cc1OC)[C@@H](c1ccccc1Br)NCC2. The number of ether oxygens (including phenoxy) is 2. The Morgan fingerprint density at radius 2 is 1.76 bits per heavy atom. The number of halogens is 1. The highest BCUT2D eigenvalue weighted by Crippen LogP contribution is 2.38. The van der Waals surface area contributed by atoms with Gasteiger partial charge in [-0.1, -0.05) is 34.1 Å². The highest BCUT2D eigenvalue weighted by Gasteiger charge is 2.25. The first-order chi connectivity index (χ1) is 10.2. The lowest BCUT2D eigenvalue weighted by Crippen LogP contribution is -2.30. The lowest BCUT2D eigenvalue weighted by Gasteiger charge is -2.29. The molecule has 3 nitrogen and oxygen atoms in total. The van der Waals surface area contributed by atoms with E-state index >= 15 is 0 Å². The Labute approximate surface area is 133 Å². The molecule has 0 saturated heterocycles. The van der Waals surface area contributed by atoms with Crippen molar-refractivity contribution in [1.29, 1.82) is 0 Å². The molecule has 1 N–H and O–H groups in total. The first kappa shape index (κ1) is 14.4. The van der Waals surface area contributed by atoms with E-state index in [1.165, 1.54) is 16.7 Å². The van der Waals surface area contributed by atoms with Gasteiger partial charge in [0.05, 0.1) is 20.3 Å². The second-order valence-corrected chi connectivity index (χ2v) is 5.92. The van der Waals surface area contributed by atoms with E-state index in [0.717, 1.165) is 28.9 Å². The lowest BCUT2D eigenvalue weighted by atomic mass is 9.89. The van der Waals surface area contributed by atoms with Crippen LogP contribution >= 0.6 is 15.9 Å². The molecule has 1 aliphatic rings. The van der Waals surface area contributed by atoms with Crippen molar-refractivity contribution < 1.29 is 9.47 Å². The van der Waals surface area contributed by atoms with Crippen LogP contribution in [0.25, 0.3) is 0 Å². The van der Waals surface area contributed by atoms with E-state index in [1.54, 1.807) is 14.2 Å². The number of hydrogen-bond donors (Lipinski definition) is 1. The minimum Gasteiger partial charge on any atom is -0.493 e. The largest absolute Gasteiger partial charge is 0.493 e. The molecular weight excluding hydrogens is 330 g/mol. The van der Waals surface area contributed by atoms with Crippen LogP contribution in [0.5, 0.6) is 11.5 Å². The van der Waals surface area contributed by atoms with Crippen LogP contribution in [-0.4, -0.2) is 20.8 Å². The summed E-state index contributed by atoms with van der Waals surface area (Å²) < 4.78 is 12.0. The summed E-state index contributed by atoms with van der Waals surface area (Å²) in [7, 11) is 3.35. The molecule has 0 bridgehead atoms. The van der Waals surface area contributed by atoms with Crippen molar-refractivity contribution in [2.45, 2.75) is 12.5 Å². The number of nitrogens with one attached hydrogen (secondary N) is 1. The Hall–Kier alpha value is -1.52. The van der Waals surface area contributed by atoms with Gasteiger partial charge in [-0.2, -0.15) is 0 Å². The summed E-state index contributed by atoms with van der Waals surface area (Å²) in [6.07, 6.45) is 0.997. The van der Waals surface area contributed by atoms with Gasteiger partial charge < -0.3 is 14.8 Å². The third-order valence-corrected chi connectivity index (χ3v) is 4.64. The van der Waals surface area contributed by atoms with E-state index < -0.39 is 0 Å². The predicted octanol–water partition coefficient (Wildman–Crippen LogP) is 3.70. The van der Waals surface area contributed by atoms with Gasteiger partial charge in [0.15, 0.2) is 11.5 Å². The monoisotopic (exact) mass is 347 g/mol. The number of methoxy groups -OCH3 is 2. The molecule has 4 heteroatoms. The zero-order valence-electron chi connectivity index (χ0n) is 12.2. The van der Waals surface area contributed by atoms with Crippen molar-refractivity contribution in [1.82, 2.24) is 5.32 Å². The van der Waals surface area contributed by atoms with E-state index in [4.69, 9.17) is 9.47 Å². The number of hydrogen-bond acceptors (Lipinski definition) is 3. The normalized spacial score (nSPS) is 17.2. The fourth-order valence-corrected chi connectivity index (χ4v) is 3.38. The fraction of sp³-hybridized carbons (Fsp3) is 0.294. The van der Waals surface area contributed by atoms with Gasteiger partial charge in [-0.3, -0.25) is 0 Å². The van der Waals surface area contributed by atoms with Crippen LogP contribution in [0.1, 0.15) is 22.7 Å². The van der Waals surface area contributed by atoms with Crippen LogP contribution < -0.4 is 14.8 Å². The van der Waals surface area contributed by atoms with Crippen molar-refractivity contribution in [3.63, 3.8) is 0 Å². The summed E-state index contributed by atoms with van der Waals surface area (Å²) in [5.41, 5.74) is 3.81. The minimum atomic E-state index is 0.170. The molecule has 1 aliphatic heterocycles. The maximum absolute atomic E-state index is 5.45. The summed E-state index contributed by atoms with van der Waals surface area (Å²) in [5, 5.41) is 3.59. The van der Waals surface area contributed by atoms with Gasteiger partial charge in [0.1, 0.15) is 0 Å². The molecule has 3 rings (SSSR count). The van der Waals surface area contributed by atoms with Crippen molar-refractivity contribution in [2.75, 3.05) is 20.8 Å². The molecule has 21 heavy (non-hydrogen) atoms. The zero-order valence-corrected chi connectivity index (χ0v) is 13.7. The van der Waals surface area contributed by atoms with E-state index in [9.17, 15) is 0 Å². The van der Waals surface area contributed by atoms with Gasteiger partial charge in [-0.25, -0.2) is 0 Å². The molecule has 0 radical (unpaired) electrons. The average Bonchev–Trinajstić information content (AvgIpc) is 2.53. The minimum absolute atomic E-state index is 0.170. The third kappa shape index (κ3) is 2.65. The van der Waals surface area contributed by atoms with Gasteiger partial charge in [0, 0.05) is 11.0 Å². The van der Waals surface area contributed by atoms with Crippen molar-refractivity contribution >= 4 is 15.9 Å². The molecular formula is C17H18BrNO2. The molecule has 0 fully saturated rings. The summed E-state index contributed by atoms with van der Waals surface area (Å²) in [6, 6.07) is 12.7. The summed E-state index contributed by atoms with van der Waals surface area (Å²) in [5.74, 6) is 1.57. The molecule has 2 aromatic carbocycles. The van der Waals surface area contributed by atoms with Crippen LogP contribution in [0, 0.1) is 0 Å². The lowest BCUT2D eigenvalue weighted by molar-refractivity contribution is 0.353. The third-order valence-electron chi connectivity index (χ3n) is 3.92. The maximum atomic E-state index is 5.45. The van der Waals surface area contributed by atoms with Gasteiger partial charge >= 0.3 is 0 Å².